The van der Waals surface area contributed by atoms with Gasteiger partial charge in [0.2, 0.25) is 12.7 Å². The second-order valence-electron chi connectivity index (χ2n) is 11.5. The highest BCUT2D eigenvalue weighted by molar-refractivity contribution is 6.00. The van der Waals surface area contributed by atoms with Crippen molar-refractivity contribution in [2.24, 2.45) is 5.92 Å². The predicted octanol–water partition coefficient (Wildman–Crippen LogP) is 2.43. The number of hydrogen-bond donors (Lipinski definition) is 2. The maximum atomic E-state index is 13.7. The molecule has 228 valence electrons. The Bertz CT molecular complexity index is 1250. The lowest BCUT2D eigenvalue weighted by atomic mass is 9.99. The van der Waals surface area contributed by atoms with Crippen molar-refractivity contribution in [1.82, 2.24) is 14.7 Å². The third-order valence-electron chi connectivity index (χ3n) is 8.09. The predicted molar refractivity (Wildman–Crippen MR) is 157 cm³/mol. The van der Waals surface area contributed by atoms with Crippen molar-refractivity contribution in [3.63, 3.8) is 0 Å². The second kappa shape index (κ2) is 13.7. The van der Waals surface area contributed by atoms with Gasteiger partial charge in [-0.15, -0.1) is 0 Å². The van der Waals surface area contributed by atoms with Crippen molar-refractivity contribution in [1.29, 1.82) is 0 Å². The molecule has 0 radical (unpaired) electrons. The molecule has 0 unspecified atom stereocenters. The van der Waals surface area contributed by atoms with E-state index in [9.17, 15) is 14.7 Å². The van der Waals surface area contributed by atoms with Gasteiger partial charge >= 0.3 is 0 Å². The number of nitrogens with one attached hydrogen (secondary N) is 1. The van der Waals surface area contributed by atoms with Crippen LogP contribution < -0.4 is 19.5 Å². The first-order valence-corrected chi connectivity index (χ1v) is 14.7. The molecular weight excluding hydrogens is 540 g/mol. The lowest BCUT2D eigenvalue weighted by Gasteiger charge is -2.38. The zero-order valence-electron chi connectivity index (χ0n) is 24.7. The summed E-state index contributed by atoms with van der Waals surface area (Å²) >= 11 is 0. The zero-order valence-corrected chi connectivity index (χ0v) is 24.7. The van der Waals surface area contributed by atoms with Gasteiger partial charge in [0.05, 0.1) is 31.4 Å². The molecule has 3 atom stereocenters. The number of carbonyl (C=O) groups is 2. The molecule has 0 aromatic heterocycles. The van der Waals surface area contributed by atoms with Crippen LogP contribution in [0.15, 0.2) is 36.4 Å². The smallest absolute Gasteiger partial charge is 0.258 e. The normalized spacial score (nSPS) is 21.4. The monoisotopic (exact) mass is 582 g/mol. The van der Waals surface area contributed by atoms with Gasteiger partial charge in [-0.05, 0) is 49.9 Å². The molecule has 2 aromatic rings. The summed E-state index contributed by atoms with van der Waals surface area (Å²) < 4.78 is 22.9. The molecular formula is C31H42N4O7. The maximum Gasteiger partial charge on any atom is 0.258 e. The van der Waals surface area contributed by atoms with Crippen LogP contribution in [0.5, 0.6) is 17.2 Å². The van der Waals surface area contributed by atoms with Crippen LogP contribution in [0.25, 0.3) is 0 Å². The van der Waals surface area contributed by atoms with Crippen molar-refractivity contribution in [2.75, 3.05) is 71.7 Å². The van der Waals surface area contributed by atoms with Gasteiger partial charge in [0.15, 0.2) is 11.5 Å². The van der Waals surface area contributed by atoms with Gasteiger partial charge in [-0.25, -0.2) is 0 Å². The fourth-order valence-corrected chi connectivity index (χ4v) is 5.55. The summed E-state index contributed by atoms with van der Waals surface area (Å²) in [5, 5.41) is 12.9. The lowest BCUT2D eigenvalue weighted by molar-refractivity contribution is -0.116. The fraction of sp³-hybridized carbons (Fsp3) is 0.548. The minimum absolute atomic E-state index is 0.00475. The third kappa shape index (κ3) is 7.33. The summed E-state index contributed by atoms with van der Waals surface area (Å²) in [5.41, 5.74) is 2.01. The summed E-state index contributed by atoms with van der Waals surface area (Å²) in [4.78, 5) is 32.6. The Labute approximate surface area is 247 Å². The minimum atomic E-state index is -0.371. The van der Waals surface area contributed by atoms with Gasteiger partial charge in [-0.1, -0.05) is 13.0 Å². The number of nitrogens with zero attached hydrogens (tertiary/aromatic N) is 3. The summed E-state index contributed by atoms with van der Waals surface area (Å²) in [6.07, 6.45) is 0.128. The van der Waals surface area contributed by atoms with Crippen LogP contribution in [0.3, 0.4) is 0 Å². The van der Waals surface area contributed by atoms with Crippen molar-refractivity contribution in [3.8, 4) is 17.2 Å². The fourth-order valence-electron chi connectivity index (χ4n) is 5.55. The van der Waals surface area contributed by atoms with Gasteiger partial charge in [-0.3, -0.25) is 19.4 Å². The first-order chi connectivity index (χ1) is 20.3. The Kier molecular flexibility index (Phi) is 9.84. The Balaban J connectivity index is 1.30. The highest BCUT2D eigenvalue weighted by Gasteiger charge is 2.33. The van der Waals surface area contributed by atoms with Crippen LogP contribution in [0.2, 0.25) is 0 Å². The van der Waals surface area contributed by atoms with Crippen LogP contribution in [-0.2, 0) is 16.1 Å². The Morgan fingerprint density at radius 3 is 2.67 bits per heavy atom. The van der Waals surface area contributed by atoms with E-state index in [-0.39, 0.29) is 43.3 Å². The van der Waals surface area contributed by atoms with E-state index in [0.717, 1.165) is 30.2 Å². The van der Waals surface area contributed by atoms with Gasteiger partial charge in [0.1, 0.15) is 11.9 Å². The van der Waals surface area contributed by atoms with E-state index in [1.165, 1.54) is 0 Å². The third-order valence-corrected chi connectivity index (χ3v) is 8.09. The van der Waals surface area contributed by atoms with E-state index >= 15 is 0 Å². The average molecular weight is 583 g/mol. The van der Waals surface area contributed by atoms with Crippen LogP contribution in [0.4, 0.5) is 5.69 Å². The number of ether oxygens (including phenoxy) is 4. The van der Waals surface area contributed by atoms with Gasteiger partial charge in [0.25, 0.3) is 5.91 Å². The quantitative estimate of drug-likeness (QED) is 0.436. The number of likely N-dealkylation sites (N-methyl/N-ethyl adjacent to an activating group) is 1. The van der Waals surface area contributed by atoms with Crippen LogP contribution in [0, 0.1) is 5.92 Å². The Hall–Kier alpha value is -3.38. The molecule has 3 aliphatic rings. The summed E-state index contributed by atoms with van der Waals surface area (Å²) in [5.74, 6) is 1.63. The molecule has 2 N–H and O–H groups in total. The highest BCUT2D eigenvalue weighted by Crippen LogP contribution is 2.33. The van der Waals surface area contributed by atoms with Gasteiger partial charge in [0, 0.05) is 57.3 Å². The molecule has 0 spiro atoms. The van der Waals surface area contributed by atoms with Crippen LogP contribution in [-0.4, -0.2) is 110 Å². The summed E-state index contributed by atoms with van der Waals surface area (Å²) in [6.45, 7) is 9.39. The Morgan fingerprint density at radius 2 is 1.88 bits per heavy atom. The molecule has 1 saturated heterocycles. The number of benzene rings is 2. The molecule has 0 saturated carbocycles. The number of amides is 2. The maximum absolute atomic E-state index is 13.7. The van der Waals surface area contributed by atoms with Crippen LogP contribution in [0.1, 0.15) is 36.2 Å². The molecule has 1 fully saturated rings. The first-order valence-electron chi connectivity index (χ1n) is 14.7. The van der Waals surface area contributed by atoms with Gasteiger partial charge < -0.3 is 34.3 Å². The number of morpholine rings is 1. The van der Waals surface area contributed by atoms with E-state index < -0.39 is 0 Å². The molecule has 3 aliphatic heterocycles. The van der Waals surface area contributed by atoms with Crippen molar-refractivity contribution in [2.45, 2.75) is 39.0 Å². The number of aliphatic hydroxyl groups excluding tert-OH is 1. The van der Waals surface area contributed by atoms with Crippen molar-refractivity contribution in [3.05, 3.63) is 47.5 Å². The molecule has 11 heteroatoms. The molecule has 5 rings (SSSR count). The molecule has 0 aliphatic carbocycles. The van der Waals surface area contributed by atoms with E-state index in [4.69, 9.17) is 18.9 Å². The standard InChI is InChI=1S/C31H42N4O7/c1-21-16-35(22(2)19-36)31(38)25-15-24(32-30(37)8-9-34-10-12-39-13-11-34)5-7-26(25)42-29(21)18-33(3)17-23-4-6-27-28(14-23)41-20-40-27/h4-7,14-15,21-22,29,36H,8-13,16-20H2,1-3H3,(H,32,37)/t21-,22-,29+/m0/s1. The number of rotatable bonds is 10. The number of fused-ring (bicyclic) bond motifs is 2. The number of hydrogen-bond acceptors (Lipinski definition) is 9. The van der Waals surface area contributed by atoms with Crippen molar-refractivity contribution < 1.29 is 33.6 Å². The molecule has 0 bridgehead atoms. The largest absolute Gasteiger partial charge is 0.488 e. The summed E-state index contributed by atoms with van der Waals surface area (Å²) in [7, 11) is 2.04. The molecule has 2 amide bonds. The SMILES string of the molecule is C[C@H]1CN([C@@H](C)CO)C(=O)c2cc(NC(=O)CCN3CCOCC3)ccc2O[C@@H]1CN(C)Cc1ccc2c(c1)OCO2. The minimum Gasteiger partial charge on any atom is -0.488 e. The average Bonchev–Trinajstić information content (AvgIpc) is 3.46. The number of carbonyl (C=O) groups excluding carboxylic acids is 2. The van der Waals surface area contributed by atoms with E-state index in [2.05, 4.69) is 22.0 Å². The first kappa shape index (κ1) is 30.1. The van der Waals surface area contributed by atoms with Crippen molar-refractivity contribution >= 4 is 17.5 Å². The van der Waals surface area contributed by atoms with Gasteiger partial charge in [-0.2, -0.15) is 0 Å². The highest BCUT2D eigenvalue weighted by atomic mass is 16.7. The Morgan fingerprint density at radius 1 is 1.12 bits per heavy atom. The molecule has 3 heterocycles. The summed E-state index contributed by atoms with van der Waals surface area (Å²) in [6, 6.07) is 10.8. The van der Waals surface area contributed by atoms with E-state index in [1.54, 1.807) is 23.1 Å². The molecule has 2 aromatic carbocycles. The topological polar surface area (TPSA) is 113 Å². The van der Waals surface area contributed by atoms with E-state index in [1.807, 2.05) is 32.2 Å². The van der Waals surface area contributed by atoms with E-state index in [0.29, 0.717) is 62.8 Å². The second-order valence-corrected chi connectivity index (χ2v) is 11.5. The zero-order chi connectivity index (χ0) is 29.6. The molecule has 42 heavy (non-hydrogen) atoms. The van der Waals surface area contributed by atoms with Crippen LogP contribution >= 0.6 is 0 Å². The number of anilines is 1. The number of aliphatic hydroxyl groups is 1. The lowest BCUT2D eigenvalue weighted by Crippen LogP contribution is -2.49. The molecule has 11 nitrogen and oxygen atoms in total.